The van der Waals surface area contributed by atoms with Crippen LogP contribution >= 0.6 is 11.6 Å². The van der Waals surface area contributed by atoms with E-state index in [1.807, 2.05) is 0 Å². The summed E-state index contributed by atoms with van der Waals surface area (Å²) in [6.45, 7) is 0.0291. The van der Waals surface area contributed by atoms with E-state index in [0.29, 0.717) is 22.6 Å². The van der Waals surface area contributed by atoms with Gasteiger partial charge >= 0.3 is 5.97 Å². The van der Waals surface area contributed by atoms with Crippen molar-refractivity contribution in [3.05, 3.63) is 34.3 Å². The molecule has 6 heteroatoms. The van der Waals surface area contributed by atoms with Crippen molar-refractivity contribution >= 4 is 23.5 Å². The minimum absolute atomic E-state index is 0.161. The zero-order valence-electron chi connectivity index (χ0n) is 10.9. The highest BCUT2D eigenvalue weighted by Crippen LogP contribution is 2.54. The highest BCUT2D eigenvalue weighted by molar-refractivity contribution is 6.30. The molecule has 0 bridgehead atoms. The van der Waals surface area contributed by atoms with Gasteiger partial charge in [0, 0.05) is 22.5 Å². The summed E-state index contributed by atoms with van der Waals surface area (Å²) in [5, 5.41) is 0.483. The number of carbonyl (C=O) groups excluding carboxylic acids is 2. The van der Waals surface area contributed by atoms with E-state index in [1.54, 1.807) is 18.2 Å². The molecular weight excluding hydrogens is 285 g/mol. The summed E-state index contributed by atoms with van der Waals surface area (Å²) in [4.78, 5) is 25.1. The van der Waals surface area contributed by atoms with Crippen molar-refractivity contribution in [3.63, 3.8) is 0 Å². The number of rotatable bonds is 2. The van der Waals surface area contributed by atoms with Gasteiger partial charge < -0.3 is 9.64 Å². The normalized spacial score (nSPS) is 27.4. The molecule has 3 rings (SSSR count). The maximum absolute atomic E-state index is 13.9. The van der Waals surface area contributed by atoms with Gasteiger partial charge in [0.15, 0.2) is 0 Å². The van der Waals surface area contributed by atoms with Crippen molar-refractivity contribution in [3.8, 4) is 0 Å². The maximum Gasteiger partial charge on any atom is 0.325 e. The Labute approximate surface area is 120 Å². The van der Waals surface area contributed by atoms with E-state index in [9.17, 15) is 14.0 Å². The molecule has 1 aliphatic heterocycles. The summed E-state index contributed by atoms with van der Waals surface area (Å²) >= 11 is 5.95. The molecule has 106 valence electrons. The number of halogens is 2. The average molecular weight is 298 g/mol. The summed E-state index contributed by atoms with van der Waals surface area (Å²) in [6.07, 6.45) is -0.654. The molecule has 20 heavy (non-hydrogen) atoms. The number of methoxy groups -OCH3 is 1. The molecule has 1 aliphatic carbocycles. The third-order valence-electron chi connectivity index (χ3n) is 4.04. The van der Waals surface area contributed by atoms with Crippen molar-refractivity contribution in [1.82, 2.24) is 4.90 Å². The van der Waals surface area contributed by atoms with Crippen molar-refractivity contribution < 1.29 is 18.7 Å². The third kappa shape index (κ3) is 1.88. The van der Waals surface area contributed by atoms with Crippen molar-refractivity contribution in [2.45, 2.75) is 18.0 Å². The number of amides is 1. The highest BCUT2D eigenvalue weighted by atomic mass is 35.5. The molecule has 1 spiro atoms. The van der Waals surface area contributed by atoms with Gasteiger partial charge in [-0.15, -0.1) is 0 Å². The molecule has 1 aromatic rings. The number of hydrogen-bond donors (Lipinski definition) is 0. The number of hydrogen-bond acceptors (Lipinski definition) is 3. The number of benzene rings is 1. The van der Waals surface area contributed by atoms with Gasteiger partial charge in [-0.25, -0.2) is 4.39 Å². The second-order valence-electron chi connectivity index (χ2n) is 5.26. The van der Waals surface area contributed by atoms with Crippen LogP contribution in [0.3, 0.4) is 0 Å². The van der Waals surface area contributed by atoms with Gasteiger partial charge in [-0.3, -0.25) is 9.59 Å². The van der Waals surface area contributed by atoms with Crippen LogP contribution < -0.4 is 0 Å². The molecule has 1 aromatic carbocycles. The Morgan fingerprint density at radius 1 is 1.60 bits per heavy atom. The maximum atomic E-state index is 13.9. The van der Waals surface area contributed by atoms with Crippen LogP contribution in [0.1, 0.15) is 22.3 Å². The SMILES string of the molecule is COC(=O)CN1C[C@@]2(C[C@@H]2F)c2cc(Cl)ccc2C1=O. The lowest BCUT2D eigenvalue weighted by Gasteiger charge is -2.34. The fourth-order valence-electron chi connectivity index (χ4n) is 2.83. The van der Waals surface area contributed by atoms with E-state index < -0.39 is 17.6 Å². The predicted octanol–water partition coefficient (Wildman–Crippen LogP) is 1.95. The Hall–Kier alpha value is -1.62. The van der Waals surface area contributed by atoms with Gasteiger partial charge in [0.2, 0.25) is 0 Å². The first kappa shape index (κ1) is 13.4. The lowest BCUT2D eigenvalue weighted by atomic mass is 9.86. The summed E-state index contributed by atoms with van der Waals surface area (Å²) in [5.41, 5.74) is 0.371. The predicted molar refractivity (Wildman–Crippen MR) is 70.6 cm³/mol. The average Bonchev–Trinajstić information content (AvgIpc) is 3.06. The van der Waals surface area contributed by atoms with Crippen LogP contribution in [-0.4, -0.2) is 43.1 Å². The van der Waals surface area contributed by atoms with E-state index in [2.05, 4.69) is 4.74 Å². The van der Waals surface area contributed by atoms with Crippen LogP contribution in [0.2, 0.25) is 5.02 Å². The molecular formula is C14H13ClFNO3. The number of nitrogens with zero attached hydrogens (tertiary/aromatic N) is 1. The van der Waals surface area contributed by atoms with Crippen LogP contribution in [0, 0.1) is 0 Å². The van der Waals surface area contributed by atoms with Crippen LogP contribution in [-0.2, 0) is 14.9 Å². The number of esters is 1. The van der Waals surface area contributed by atoms with Crippen LogP contribution in [0.25, 0.3) is 0 Å². The molecule has 0 N–H and O–H groups in total. The fourth-order valence-corrected chi connectivity index (χ4v) is 3.01. The molecule has 1 saturated carbocycles. The minimum Gasteiger partial charge on any atom is -0.468 e. The van der Waals surface area contributed by atoms with E-state index >= 15 is 0 Å². The Morgan fingerprint density at radius 2 is 2.30 bits per heavy atom. The zero-order valence-corrected chi connectivity index (χ0v) is 11.6. The number of ether oxygens (including phenoxy) is 1. The summed E-state index contributed by atoms with van der Waals surface area (Å²) in [6, 6.07) is 4.85. The number of fused-ring (bicyclic) bond motifs is 2. The quantitative estimate of drug-likeness (QED) is 0.784. The van der Waals surface area contributed by atoms with E-state index in [1.165, 1.54) is 12.0 Å². The largest absolute Gasteiger partial charge is 0.468 e. The number of carbonyl (C=O) groups is 2. The van der Waals surface area contributed by atoms with Crippen LogP contribution in [0.4, 0.5) is 4.39 Å². The van der Waals surface area contributed by atoms with Crippen molar-refractivity contribution in [1.29, 1.82) is 0 Å². The highest BCUT2D eigenvalue weighted by Gasteiger charge is 2.61. The lowest BCUT2D eigenvalue weighted by molar-refractivity contribution is -0.141. The second-order valence-corrected chi connectivity index (χ2v) is 5.69. The third-order valence-corrected chi connectivity index (χ3v) is 4.27. The van der Waals surface area contributed by atoms with E-state index in [4.69, 9.17) is 11.6 Å². The Kier molecular flexibility index (Phi) is 2.97. The summed E-state index contributed by atoms with van der Waals surface area (Å²) < 4.78 is 18.5. The monoisotopic (exact) mass is 297 g/mol. The zero-order chi connectivity index (χ0) is 14.5. The fraction of sp³-hybridized carbons (Fsp3) is 0.429. The van der Waals surface area contributed by atoms with Crippen LogP contribution in [0.5, 0.6) is 0 Å². The van der Waals surface area contributed by atoms with Gasteiger partial charge in [-0.1, -0.05) is 11.6 Å². The minimum atomic E-state index is -1.01. The van der Waals surface area contributed by atoms with Gasteiger partial charge in [0.25, 0.3) is 5.91 Å². The smallest absolute Gasteiger partial charge is 0.325 e. The van der Waals surface area contributed by atoms with Crippen molar-refractivity contribution in [2.24, 2.45) is 0 Å². The molecule has 2 aliphatic rings. The second kappa shape index (κ2) is 4.45. The summed E-state index contributed by atoms with van der Waals surface area (Å²) in [5.74, 6) is -0.797. The summed E-state index contributed by atoms with van der Waals surface area (Å²) in [7, 11) is 1.26. The standard InChI is InChI=1S/C14H13ClFNO3/c1-20-12(18)6-17-7-14(5-11(14)16)10-4-8(15)2-3-9(10)13(17)19/h2-4,11H,5-7H2,1H3/t11-,14-/m0/s1. The Bertz CT molecular complexity index is 606. The van der Waals surface area contributed by atoms with Gasteiger partial charge in [0.05, 0.1) is 7.11 Å². The molecule has 0 saturated heterocycles. The first-order valence-electron chi connectivity index (χ1n) is 6.28. The first-order chi connectivity index (χ1) is 9.48. The van der Waals surface area contributed by atoms with Crippen LogP contribution in [0.15, 0.2) is 18.2 Å². The van der Waals surface area contributed by atoms with E-state index in [-0.39, 0.29) is 19.0 Å². The topological polar surface area (TPSA) is 46.6 Å². The van der Waals surface area contributed by atoms with Crippen molar-refractivity contribution in [2.75, 3.05) is 20.2 Å². The molecule has 1 fully saturated rings. The lowest BCUT2D eigenvalue weighted by Crippen LogP contribution is -2.46. The molecule has 1 amide bonds. The molecule has 0 radical (unpaired) electrons. The molecule has 1 heterocycles. The Balaban J connectivity index is 2.01. The van der Waals surface area contributed by atoms with Gasteiger partial charge in [-0.05, 0) is 30.2 Å². The molecule has 2 atom stereocenters. The molecule has 0 aromatic heterocycles. The van der Waals surface area contributed by atoms with E-state index in [0.717, 1.165) is 0 Å². The molecule has 4 nitrogen and oxygen atoms in total. The molecule has 0 unspecified atom stereocenters. The number of alkyl halides is 1. The first-order valence-corrected chi connectivity index (χ1v) is 6.66. The van der Waals surface area contributed by atoms with Gasteiger partial charge in [-0.2, -0.15) is 0 Å². The van der Waals surface area contributed by atoms with Gasteiger partial charge in [0.1, 0.15) is 12.7 Å². The Morgan fingerprint density at radius 3 is 2.90 bits per heavy atom.